The van der Waals surface area contributed by atoms with Crippen LogP contribution in [0, 0.1) is 5.92 Å². The van der Waals surface area contributed by atoms with E-state index in [1.165, 1.54) is 32.7 Å². The molecule has 1 heterocycles. The third-order valence-electron chi connectivity index (χ3n) is 2.99. The van der Waals surface area contributed by atoms with Gasteiger partial charge in [0.05, 0.1) is 13.7 Å². The molecule has 88 valence electrons. The van der Waals surface area contributed by atoms with Gasteiger partial charge in [0.15, 0.2) is 5.69 Å². The van der Waals surface area contributed by atoms with Crippen molar-refractivity contribution in [3.8, 4) is 11.8 Å². The Bertz CT molecular complexity index is 353. The number of ether oxygens (including phenoxy) is 2. The van der Waals surface area contributed by atoms with Gasteiger partial charge in [-0.1, -0.05) is 19.3 Å². The zero-order valence-electron chi connectivity index (χ0n) is 9.48. The molecule has 1 aromatic rings. The van der Waals surface area contributed by atoms with Crippen LogP contribution in [0.1, 0.15) is 25.7 Å². The molecule has 0 unspecified atom stereocenters. The van der Waals surface area contributed by atoms with Crippen molar-refractivity contribution in [2.75, 3.05) is 19.5 Å². The Morgan fingerprint density at radius 3 is 2.75 bits per heavy atom. The highest BCUT2D eigenvalue weighted by Gasteiger charge is 2.17. The van der Waals surface area contributed by atoms with Crippen molar-refractivity contribution in [2.45, 2.75) is 25.7 Å². The second-order valence-corrected chi connectivity index (χ2v) is 4.04. The van der Waals surface area contributed by atoms with E-state index in [1.54, 1.807) is 0 Å². The number of methoxy groups -OCH3 is 1. The summed E-state index contributed by atoms with van der Waals surface area (Å²) >= 11 is 0. The van der Waals surface area contributed by atoms with E-state index < -0.39 is 0 Å². The maximum absolute atomic E-state index is 5.78. The summed E-state index contributed by atoms with van der Waals surface area (Å²) in [5.41, 5.74) is 6.16. The van der Waals surface area contributed by atoms with Crippen LogP contribution in [0.2, 0.25) is 0 Å². The second-order valence-electron chi connectivity index (χ2n) is 4.04. The van der Waals surface area contributed by atoms with Crippen molar-refractivity contribution in [3.63, 3.8) is 0 Å². The first-order valence-electron chi connectivity index (χ1n) is 5.58. The van der Waals surface area contributed by atoms with Crippen molar-refractivity contribution in [3.05, 3.63) is 6.33 Å². The van der Waals surface area contributed by atoms with Crippen LogP contribution < -0.4 is 15.2 Å². The number of aromatic nitrogens is 2. The molecule has 0 spiro atoms. The Balaban J connectivity index is 1.87. The number of rotatable bonds is 5. The lowest BCUT2D eigenvalue weighted by Gasteiger charge is -2.24. The largest absolute Gasteiger partial charge is 0.479 e. The van der Waals surface area contributed by atoms with E-state index in [0.717, 1.165) is 12.3 Å². The van der Waals surface area contributed by atoms with Crippen molar-refractivity contribution < 1.29 is 9.47 Å². The van der Waals surface area contributed by atoms with Gasteiger partial charge in [0, 0.05) is 0 Å². The molecule has 2 rings (SSSR count). The minimum absolute atomic E-state index is 0.369. The SMILES string of the molecule is COc1ncnc(OCCC2CCC2)c1N. The number of nitrogens with zero attached hydrogens (tertiary/aromatic N) is 2. The fraction of sp³-hybridized carbons (Fsp3) is 0.636. The van der Waals surface area contributed by atoms with Gasteiger partial charge in [-0.15, -0.1) is 0 Å². The first kappa shape index (κ1) is 11.0. The lowest BCUT2D eigenvalue weighted by Crippen LogP contribution is -2.15. The molecular formula is C11H17N3O2. The summed E-state index contributed by atoms with van der Waals surface area (Å²) in [6, 6.07) is 0. The zero-order valence-corrected chi connectivity index (χ0v) is 9.48. The number of nitrogen functional groups attached to an aromatic ring is 1. The van der Waals surface area contributed by atoms with Crippen LogP contribution in [0.15, 0.2) is 6.33 Å². The van der Waals surface area contributed by atoms with E-state index >= 15 is 0 Å². The Kier molecular flexibility index (Phi) is 3.44. The molecule has 0 amide bonds. The minimum Gasteiger partial charge on any atom is -0.479 e. The van der Waals surface area contributed by atoms with Gasteiger partial charge in [-0.2, -0.15) is 9.97 Å². The van der Waals surface area contributed by atoms with Gasteiger partial charge in [0.1, 0.15) is 6.33 Å². The van der Waals surface area contributed by atoms with E-state index in [1.807, 2.05) is 0 Å². The van der Waals surface area contributed by atoms with Crippen LogP contribution >= 0.6 is 0 Å². The second kappa shape index (κ2) is 5.01. The minimum atomic E-state index is 0.369. The first-order valence-corrected chi connectivity index (χ1v) is 5.58. The van der Waals surface area contributed by atoms with Gasteiger partial charge < -0.3 is 15.2 Å². The molecule has 5 heteroatoms. The molecule has 1 aliphatic rings. The van der Waals surface area contributed by atoms with Crippen molar-refractivity contribution >= 4 is 5.69 Å². The van der Waals surface area contributed by atoms with Crippen LogP contribution in [-0.4, -0.2) is 23.7 Å². The quantitative estimate of drug-likeness (QED) is 0.821. The summed E-state index contributed by atoms with van der Waals surface area (Å²) in [5, 5.41) is 0. The van der Waals surface area contributed by atoms with E-state index in [4.69, 9.17) is 15.2 Å². The monoisotopic (exact) mass is 223 g/mol. The number of anilines is 1. The summed E-state index contributed by atoms with van der Waals surface area (Å²) in [6.07, 6.45) is 6.48. The zero-order chi connectivity index (χ0) is 11.4. The number of hydrogen-bond donors (Lipinski definition) is 1. The molecular weight excluding hydrogens is 206 g/mol. The normalized spacial score (nSPS) is 15.6. The Hall–Kier alpha value is -1.52. The van der Waals surface area contributed by atoms with Crippen molar-refractivity contribution in [1.82, 2.24) is 9.97 Å². The van der Waals surface area contributed by atoms with Crippen LogP contribution in [-0.2, 0) is 0 Å². The fourth-order valence-corrected chi connectivity index (χ4v) is 1.75. The van der Waals surface area contributed by atoms with Crippen LogP contribution in [0.25, 0.3) is 0 Å². The molecule has 1 aliphatic carbocycles. The maximum Gasteiger partial charge on any atom is 0.244 e. The van der Waals surface area contributed by atoms with Crippen LogP contribution in [0.5, 0.6) is 11.8 Å². The van der Waals surface area contributed by atoms with Crippen molar-refractivity contribution in [1.29, 1.82) is 0 Å². The van der Waals surface area contributed by atoms with Gasteiger partial charge in [0.2, 0.25) is 11.8 Å². The smallest absolute Gasteiger partial charge is 0.244 e. The van der Waals surface area contributed by atoms with Crippen LogP contribution in [0.4, 0.5) is 5.69 Å². The molecule has 16 heavy (non-hydrogen) atoms. The van der Waals surface area contributed by atoms with E-state index in [-0.39, 0.29) is 0 Å². The summed E-state index contributed by atoms with van der Waals surface area (Å²) in [7, 11) is 1.52. The Morgan fingerprint density at radius 1 is 1.38 bits per heavy atom. The molecule has 0 atom stereocenters. The topological polar surface area (TPSA) is 70.3 Å². The molecule has 0 aromatic carbocycles. The predicted molar refractivity (Wildman–Crippen MR) is 60.4 cm³/mol. The first-order chi connectivity index (χ1) is 7.81. The Labute approximate surface area is 95.0 Å². The van der Waals surface area contributed by atoms with Gasteiger partial charge in [-0.05, 0) is 12.3 Å². The third-order valence-corrected chi connectivity index (χ3v) is 2.99. The summed E-state index contributed by atoms with van der Waals surface area (Å²) in [6.45, 7) is 0.662. The highest BCUT2D eigenvalue weighted by Crippen LogP contribution is 2.30. The highest BCUT2D eigenvalue weighted by molar-refractivity contribution is 5.55. The lowest BCUT2D eigenvalue weighted by molar-refractivity contribution is 0.217. The molecule has 1 saturated carbocycles. The van der Waals surface area contributed by atoms with E-state index in [9.17, 15) is 0 Å². The van der Waals surface area contributed by atoms with Crippen molar-refractivity contribution in [2.24, 2.45) is 5.92 Å². The third kappa shape index (κ3) is 2.35. The summed E-state index contributed by atoms with van der Waals surface area (Å²) < 4.78 is 10.5. The average molecular weight is 223 g/mol. The molecule has 0 aliphatic heterocycles. The lowest BCUT2D eigenvalue weighted by atomic mass is 9.83. The Morgan fingerprint density at radius 2 is 2.12 bits per heavy atom. The molecule has 5 nitrogen and oxygen atoms in total. The highest BCUT2D eigenvalue weighted by atomic mass is 16.5. The van der Waals surface area contributed by atoms with Gasteiger partial charge in [-0.3, -0.25) is 0 Å². The average Bonchev–Trinajstić information content (AvgIpc) is 2.24. The maximum atomic E-state index is 5.78. The predicted octanol–water partition coefficient (Wildman–Crippen LogP) is 1.64. The van der Waals surface area contributed by atoms with E-state index in [2.05, 4.69) is 9.97 Å². The van der Waals surface area contributed by atoms with Crippen LogP contribution in [0.3, 0.4) is 0 Å². The molecule has 0 saturated heterocycles. The molecule has 2 N–H and O–H groups in total. The fourth-order valence-electron chi connectivity index (χ4n) is 1.75. The van der Waals surface area contributed by atoms with Gasteiger partial charge in [-0.25, -0.2) is 0 Å². The standard InChI is InChI=1S/C11H17N3O2/c1-15-10-9(12)11(14-7-13-10)16-6-5-8-3-2-4-8/h7-8H,2-6,12H2,1H3. The molecule has 0 bridgehead atoms. The molecule has 1 aromatic heterocycles. The van der Waals surface area contributed by atoms with Gasteiger partial charge >= 0.3 is 0 Å². The van der Waals surface area contributed by atoms with E-state index in [0.29, 0.717) is 24.1 Å². The van der Waals surface area contributed by atoms with Gasteiger partial charge in [0.25, 0.3) is 0 Å². The summed E-state index contributed by atoms with van der Waals surface area (Å²) in [5.74, 6) is 1.62. The molecule has 1 fully saturated rings. The number of nitrogens with two attached hydrogens (primary N) is 1. The summed E-state index contributed by atoms with van der Waals surface area (Å²) in [4.78, 5) is 7.88. The molecule has 0 radical (unpaired) electrons. The number of hydrogen-bond acceptors (Lipinski definition) is 5.